The van der Waals surface area contributed by atoms with E-state index in [2.05, 4.69) is 9.71 Å². The van der Waals surface area contributed by atoms with Gasteiger partial charge in [0.2, 0.25) is 10.0 Å². The van der Waals surface area contributed by atoms with Crippen molar-refractivity contribution in [1.82, 2.24) is 14.3 Å². The molecule has 23 heavy (non-hydrogen) atoms. The summed E-state index contributed by atoms with van der Waals surface area (Å²) >= 11 is 0. The summed E-state index contributed by atoms with van der Waals surface area (Å²) in [5.41, 5.74) is 0. The Bertz CT molecular complexity index is 602. The molecule has 1 aromatic rings. The van der Waals surface area contributed by atoms with Gasteiger partial charge in [0.1, 0.15) is 5.82 Å². The largest absolute Gasteiger partial charge is 0.381 e. The van der Waals surface area contributed by atoms with Gasteiger partial charge in [-0.1, -0.05) is 12.8 Å². The van der Waals surface area contributed by atoms with Gasteiger partial charge < -0.3 is 9.30 Å². The number of hydrogen-bond donors (Lipinski definition) is 1. The Morgan fingerprint density at radius 3 is 2.61 bits per heavy atom. The van der Waals surface area contributed by atoms with E-state index in [1.54, 1.807) is 6.20 Å². The van der Waals surface area contributed by atoms with Gasteiger partial charge in [-0.25, -0.2) is 18.1 Å². The van der Waals surface area contributed by atoms with Crippen LogP contribution in [0.2, 0.25) is 0 Å². The second kappa shape index (κ2) is 7.32. The minimum absolute atomic E-state index is 0.239. The third-order valence-electron chi connectivity index (χ3n) is 5.11. The minimum atomic E-state index is -3.30. The molecule has 1 aromatic heterocycles. The molecule has 1 saturated heterocycles. The van der Waals surface area contributed by atoms with E-state index >= 15 is 0 Å². The first-order chi connectivity index (χ1) is 11.1. The summed E-state index contributed by atoms with van der Waals surface area (Å²) in [6, 6.07) is -0.259. The zero-order chi connectivity index (χ0) is 16.3. The lowest BCUT2D eigenvalue weighted by Crippen LogP contribution is -2.39. The van der Waals surface area contributed by atoms with Crippen molar-refractivity contribution in [1.29, 1.82) is 0 Å². The van der Waals surface area contributed by atoms with Gasteiger partial charge in [-0.2, -0.15) is 0 Å². The topological polar surface area (TPSA) is 73.2 Å². The second-order valence-corrected chi connectivity index (χ2v) is 8.67. The first-order valence-corrected chi connectivity index (χ1v) is 10.3. The van der Waals surface area contributed by atoms with E-state index < -0.39 is 10.0 Å². The van der Waals surface area contributed by atoms with Crippen LogP contribution in [0.4, 0.5) is 0 Å². The standard InChI is InChI=1S/C16H27N3O3S/c1-19-9-8-17-16(19)15(14-6-10-22-11-7-14)18-23(20,21)12-13-4-2-3-5-13/h8-9,13-15,18H,2-7,10-12H2,1H3/t15-/m0/s1. The molecule has 6 nitrogen and oxygen atoms in total. The number of aromatic nitrogens is 2. The molecule has 0 amide bonds. The van der Waals surface area contributed by atoms with Crippen molar-refractivity contribution in [2.45, 2.75) is 44.6 Å². The van der Waals surface area contributed by atoms with Crippen molar-refractivity contribution >= 4 is 10.0 Å². The first-order valence-electron chi connectivity index (χ1n) is 8.60. The fourth-order valence-electron chi connectivity index (χ4n) is 3.81. The number of nitrogens with zero attached hydrogens (tertiary/aromatic N) is 2. The maximum Gasteiger partial charge on any atom is 0.212 e. The Balaban J connectivity index is 1.76. The van der Waals surface area contributed by atoms with Crippen LogP contribution in [0, 0.1) is 11.8 Å². The maximum absolute atomic E-state index is 12.7. The van der Waals surface area contributed by atoms with Crippen LogP contribution in [0.3, 0.4) is 0 Å². The van der Waals surface area contributed by atoms with Crippen LogP contribution in [-0.4, -0.2) is 36.9 Å². The van der Waals surface area contributed by atoms with E-state index in [0.29, 0.717) is 19.1 Å². The SMILES string of the molecule is Cn1ccnc1[C@@H](NS(=O)(=O)CC1CCCC1)C1CCOCC1. The molecule has 130 valence electrons. The van der Waals surface area contributed by atoms with Crippen LogP contribution in [-0.2, 0) is 21.8 Å². The Morgan fingerprint density at radius 2 is 2.00 bits per heavy atom. The third-order valence-corrected chi connectivity index (χ3v) is 6.63. The predicted octanol–water partition coefficient (Wildman–Crippen LogP) is 2.00. The predicted molar refractivity (Wildman–Crippen MR) is 88.4 cm³/mol. The van der Waals surface area contributed by atoms with Gasteiger partial charge in [0, 0.05) is 32.7 Å². The molecule has 0 radical (unpaired) electrons. The third kappa shape index (κ3) is 4.33. The molecule has 0 unspecified atom stereocenters. The molecule has 1 saturated carbocycles. The number of sulfonamides is 1. The summed E-state index contributed by atoms with van der Waals surface area (Å²) in [6.45, 7) is 1.38. The number of rotatable bonds is 6. The molecule has 1 aliphatic carbocycles. The highest BCUT2D eigenvalue weighted by Gasteiger charge is 2.33. The molecule has 1 N–H and O–H groups in total. The number of hydrogen-bond acceptors (Lipinski definition) is 4. The molecule has 1 atom stereocenters. The molecule has 0 bridgehead atoms. The Labute approximate surface area is 138 Å². The smallest absolute Gasteiger partial charge is 0.212 e. The van der Waals surface area contributed by atoms with Crippen molar-refractivity contribution in [3.8, 4) is 0 Å². The summed E-state index contributed by atoms with van der Waals surface area (Å²) in [6.07, 6.45) is 9.70. The summed E-state index contributed by atoms with van der Waals surface area (Å²) in [5.74, 6) is 1.59. The van der Waals surface area contributed by atoms with Crippen LogP contribution in [0.25, 0.3) is 0 Å². The van der Waals surface area contributed by atoms with Gasteiger partial charge >= 0.3 is 0 Å². The van der Waals surface area contributed by atoms with Gasteiger partial charge in [0.05, 0.1) is 11.8 Å². The molecule has 2 heterocycles. The molecular formula is C16H27N3O3S. The van der Waals surface area contributed by atoms with Crippen molar-refractivity contribution in [2.75, 3.05) is 19.0 Å². The highest BCUT2D eigenvalue weighted by molar-refractivity contribution is 7.89. The fraction of sp³-hybridized carbons (Fsp3) is 0.812. The van der Waals surface area contributed by atoms with Crippen molar-refractivity contribution in [2.24, 2.45) is 18.9 Å². The van der Waals surface area contributed by atoms with Crippen LogP contribution in [0.15, 0.2) is 12.4 Å². The first kappa shape index (κ1) is 16.9. The number of imidazole rings is 1. The monoisotopic (exact) mass is 341 g/mol. The summed E-state index contributed by atoms with van der Waals surface area (Å²) in [4.78, 5) is 4.40. The molecule has 3 rings (SSSR count). The Morgan fingerprint density at radius 1 is 1.30 bits per heavy atom. The fourth-order valence-corrected chi connectivity index (χ4v) is 5.55. The zero-order valence-corrected chi connectivity index (χ0v) is 14.6. The van der Waals surface area contributed by atoms with E-state index in [1.165, 1.54) is 0 Å². The number of aryl methyl sites for hydroxylation is 1. The quantitative estimate of drug-likeness (QED) is 0.859. The lowest BCUT2D eigenvalue weighted by atomic mass is 9.92. The van der Waals surface area contributed by atoms with Gasteiger partial charge in [0.25, 0.3) is 0 Å². The number of ether oxygens (including phenoxy) is 1. The molecule has 1 aliphatic heterocycles. The van der Waals surface area contributed by atoms with Crippen LogP contribution >= 0.6 is 0 Å². The normalized spacial score (nSPS) is 22.5. The number of nitrogens with one attached hydrogen (secondary N) is 1. The van der Waals surface area contributed by atoms with Crippen molar-refractivity contribution < 1.29 is 13.2 Å². The highest BCUT2D eigenvalue weighted by atomic mass is 32.2. The van der Waals surface area contributed by atoms with Gasteiger partial charge in [-0.05, 0) is 37.5 Å². The molecular weight excluding hydrogens is 314 g/mol. The maximum atomic E-state index is 12.7. The summed E-state index contributed by atoms with van der Waals surface area (Å²) < 4.78 is 35.6. The van der Waals surface area contributed by atoms with Gasteiger partial charge in [-0.15, -0.1) is 0 Å². The van der Waals surface area contributed by atoms with E-state index in [1.807, 2.05) is 17.8 Å². The van der Waals surface area contributed by atoms with E-state index in [0.717, 1.165) is 44.3 Å². The van der Waals surface area contributed by atoms with E-state index in [9.17, 15) is 8.42 Å². The van der Waals surface area contributed by atoms with Gasteiger partial charge in [0.15, 0.2) is 0 Å². The molecule has 2 aliphatic rings. The van der Waals surface area contributed by atoms with Crippen LogP contribution < -0.4 is 4.72 Å². The van der Waals surface area contributed by atoms with Crippen LogP contribution in [0.5, 0.6) is 0 Å². The minimum Gasteiger partial charge on any atom is -0.381 e. The Kier molecular flexibility index (Phi) is 5.38. The lowest BCUT2D eigenvalue weighted by Gasteiger charge is -2.30. The highest BCUT2D eigenvalue weighted by Crippen LogP contribution is 2.31. The average molecular weight is 341 g/mol. The Hall–Kier alpha value is -0.920. The van der Waals surface area contributed by atoms with Gasteiger partial charge in [-0.3, -0.25) is 0 Å². The average Bonchev–Trinajstić information content (AvgIpc) is 3.17. The molecule has 2 fully saturated rings. The second-order valence-electron chi connectivity index (χ2n) is 6.87. The van der Waals surface area contributed by atoms with Crippen molar-refractivity contribution in [3.05, 3.63) is 18.2 Å². The summed E-state index contributed by atoms with van der Waals surface area (Å²) in [7, 11) is -1.38. The van der Waals surface area contributed by atoms with E-state index in [-0.39, 0.29) is 17.7 Å². The lowest BCUT2D eigenvalue weighted by molar-refractivity contribution is 0.0551. The van der Waals surface area contributed by atoms with Crippen LogP contribution in [0.1, 0.15) is 50.4 Å². The van der Waals surface area contributed by atoms with E-state index in [4.69, 9.17) is 4.74 Å². The molecule has 7 heteroatoms. The molecule has 0 aromatic carbocycles. The molecule has 0 spiro atoms. The summed E-state index contributed by atoms with van der Waals surface area (Å²) in [5, 5.41) is 0. The zero-order valence-electron chi connectivity index (χ0n) is 13.8. The van der Waals surface area contributed by atoms with Crippen molar-refractivity contribution in [3.63, 3.8) is 0 Å².